The van der Waals surface area contributed by atoms with Gasteiger partial charge in [-0.05, 0) is 54.5 Å². The first kappa shape index (κ1) is 17.9. The number of aryl methyl sites for hydroxylation is 1. The number of aromatic nitrogens is 4. The average molecular weight is 380 g/mol. The molecule has 1 aliphatic heterocycles. The number of amides is 2. The number of rotatable bonds is 4. The molecule has 0 radical (unpaired) electrons. The van der Waals surface area contributed by atoms with Crippen LogP contribution in [0.3, 0.4) is 0 Å². The van der Waals surface area contributed by atoms with E-state index in [1.54, 1.807) is 28.9 Å². The van der Waals surface area contributed by atoms with Gasteiger partial charge in [0.1, 0.15) is 0 Å². The molecule has 1 fully saturated rings. The van der Waals surface area contributed by atoms with Gasteiger partial charge < -0.3 is 0 Å². The van der Waals surface area contributed by atoms with Crippen molar-refractivity contribution in [2.24, 2.45) is 0 Å². The first-order valence-electron chi connectivity index (χ1n) is 8.14. The Kier molecular flexibility index (Phi) is 5.70. The van der Waals surface area contributed by atoms with Gasteiger partial charge in [0.05, 0.1) is 5.25 Å². The van der Waals surface area contributed by atoms with Crippen molar-refractivity contribution in [2.45, 2.75) is 43.1 Å². The number of thioether (sulfide) groups is 1. The SMILES string of the molecule is CCn1nnnc1SC1CCCCN(C(=O)c2ccc(Cl)cc2)C1=O. The van der Waals surface area contributed by atoms with Gasteiger partial charge in [-0.3, -0.25) is 14.5 Å². The molecular weight excluding hydrogens is 362 g/mol. The van der Waals surface area contributed by atoms with E-state index in [0.717, 1.165) is 12.8 Å². The molecule has 2 heterocycles. The highest BCUT2D eigenvalue weighted by molar-refractivity contribution is 8.00. The molecule has 2 amide bonds. The van der Waals surface area contributed by atoms with Crippen molar-refractivity contribution in [1.82, 2.24) is 25.1 Å². The highest BCUT2D eigenvalue weighted by Crippen LogP contribution is 2.29. The van der Waals surface area contributed by atoms with Gasteiger partial charge in [0.15, 0.2) is 0 Å². The Bertz CT molecular complexity index is 764. The van der Waals surface area contributed by atoms with E-state index < -0.39 is 0 Å². The zero-order valence-corrected chi connectivity index (χ0v) is 15.3. The van der Waals surface area contributed by atoms with Crippen LogP contribution in [0, 0.1) is 0 Å². The first-order valence-corrected chi connectivity index (χ1v) is 9.40. The predicted molar refractivity (Wildman–Crippen MR) is 94.5 cm³/mol. The summed E-state index contributed by atoms with van der Waals surface area (Å²) < 4.78 is 1.65. The maximum absolute atomic E-state index is 12.9. The Hall–Kier alpha value is -1.93. The molecule has 0 aliphatic carbocycles. The lowest BCUT2D eigenvalue weighted by Crippen LogP contribution is -2.41. The van der Waals surface area contributed by atoms with E-state index in [0.29, 0.717) is 35.3 Å². The lowest BCUT2D eigenvalue weighted by molar-refractivity contribution is -0.127. The Morgan fingerprint density at radius 1 is 1.32 bits per heavy atom. The van der Waals surface area contributed by atoms with Crippen molar-refractivity contribution >= 4 is 35.2 Å². The fourth-order valence-electron chi connectivity index (χ4n) is 2.67. The Balaban J connectivity index is 1.79. The lowest BCUT2D eigenvalue weighted by Gasteiger charge is -2.22. The van der Waals surface area contributed by atoms with E-state index in [1.807, 2.05) is 6.92 Å². The van der Waals surface area contributed by atoms with Crippen molar-refractivity contribution < 1.29 is 9.59 Å². The monoisotopic (exact) mass is 379 g/mol. The van der Waals surface area contributed by atoms with E-state index in [4.69, 9.17) is 11.6 Å². The molecule has 1 aliphatic rings. The van der Waals surface area contributed by atoms with Crippen molar-refractivity contribution in [3.05, 3.63) is 34.9 Å². The molecule has 0 saturated carbocycles. The number of carbonyl (C=O) groups excluding carboxylic acids is 2. The zero-order chi connectivity index (χ0) is 17.8. The maximum Gasteiger partial charge on any atom is 0.260 e. The summed E-state index contributed by atoms with van der Waals surface area (Å²) in [5.41, 5.74) is 0.460. The first-order chi connectivity index (χ1) is 12.1. The largest absolute Gasteiger partial charge is 0.278 e. The predicted octanol–water partition coefficient (Wildman–Crippen LogP) is 2.66. The summed E-state index contributed by atoms with van der Waals surface area (Å²) in [4.78, 5) is 27.0. The molecule has 0 bridgehead atoms. The van der Waals surface area contributed by atoms with Crippen molar-refractivity contribution in [3.8, 4) is 0 Å². The zero-order valence-electron chi connectivity index (χ0n) is 13.8. The summed E-state index contributed by atoms with van der Waals surface area (Å²) in [6.07, 6.45) is 2.37. The molecule has 25 heavy (non-hydrogen) atoms. The average Bonchev–Trinajstić information content (AvgIpc) is 2.99. The third kappa shape index (κ3) is 4.01. The minimum Gasteiger partial charge on any atom is -0.278 e. The summed E-state index contributed by atoms with van der Waals surface area (Å²) in [5, 5.41) is 12.3. The second kappa shape index (κ2) is 7.97. The summed E-state index contributed by atoms with van der Waals surface area (Å²) in [6, 6.07) is 6.59. The van der Waals surface area contributed by atoms with Crippen LogP contribution in [-0.2, 0) is 11.3 Å². The number of likely N-dealkylation sites (tertiary alicyclic amines) is 1. The number of halogens is 1. The number of hydrogen-bond donors (Lipinski definition) is 0. The van der Waals surface area contributed by atoms with Gasteiger partial charge in [-0.2, -0.15) is 0 Å². The number of nitrogens with zero attached hydrogens (tertiary/aromatic N) is 5. The maximum atomic E-state index is 12.9. The molecule has 9 heteroatoms. The van der Waals surface area contributed by atoms with Gasteiger partial charge in [0.2, 0.25) is 11.1 Å². The minimum absolute atomic E-state index is 0.187. The molecule has 0 spiro atoms. The van der Waals surface area contributed by atoms with Crippen LogP contribution in [0.1, 0.15) is 36.5 Å². The molecule has 132 valence electrons. The van der Waals surface area contributed by atoms with Crippen LogP contribution in [0.4, 0.5) is 0 Å². The van der Waals surface area contributed by atoms with Crippen LogP contribution in [0.2, 0.25) is 5.02 Å². The molecule has 1 atom stereocenters. The Morgan fingerprint density at radius 2 is 2.08 bits per heavy atom. The Labute approximate surface area is 154 Å². The van der Waals surface area contributed by atoms with Crippen LogP contribution in [0.25, 0.3) is 0 Å². The van der Waals surface area contributed by atoms with Crippen LogP contribution >= 0.6 is 23.4 Å². The van der Waals surface area contributed by atoms with Crippen LogP contribution in [-0.4, -0.2) is 48.7 Å². The molecule has 7 nitrogen and oxygen atoms in total. The molecule has 2 aromatic rings. The number of tetrazole rings is 1. The van der Waals surface area contributed by atoms with E-state index in [-0.39, 0.29) is 17.1 Å². The van der Waals surface area contributed by atoms with Crippen LogP contribution in [0.15, 0.2) is 29.4 Å². The molecule has 1 saturated heterocycles. The fraction of sp³-hybridized carbons (Fsp3) is 0.438. The van der Waals surface area contributed by atoms with Gasteiger partial charge in [0, 0.05) is 23.7 Å². The summed E-state index contributed by atoms with van der Waals surface area (Å²) in [7, 11) is 0. The molecule has 1 unspecified atom stereocenters. The topological polar surface area (TPSA) is 81.0 Å². The highest BCUT2D eigenvalue weighted by atomic mass is 35.5. The van der Waals surface area contributed by atoms with Crippen molar-refractivity contribution in [2.75, 3.05) is 6.54 Å². The number of hydrogen-bond acceptors (Lipinski definition) is 6. The smallest absolute Gasteiger partial charge is 0.260 e. The molecular formula is C16H18ClN5O2S. The number of carbonyl (C=O) groups is 2. The second-order valence-corrected chi connectivity index (χ2v) is 7.29. The number of benzene rings is 1. The van der Waals surface area contributed by atoms with Gasteiger partial charge in [-0.15, -0.1) is 5.10 Å². The fourth-order valence-corrected chi connectivity index (χ4v) is 3.94. The second-order valence-electron chi connectivity index (χ2n) is 5.68. The third-order valence-electron chi connectivity index (χ3n) is 4.02. The summed E-state index contributed by atoms with van der Waals surface area (Å²) in [6.45, 7) is 2.99. The molecule has 1 aromatic carbocycles. The van der Waals surface area contributed by atoms with E-state index in [1.165, 1.54) is 16.7 Å². The van der Waals surface area contributed by atoms with Crippen LogP contribution < -0.4 is 0 Å². The normalized spacial score (nSPS) is 18.2. The Morgan fingerprint density at radius 3 is 2.80 bits per heavy atom. The van der Waals surface area contributed by atoms with E-state index >= 15 is 0 Å². The third-order valence-corrected chi connectivity index (χ3v) is 5.50. The van der Waals surface area contributed by atoms with Gasteiger partial charge in [-0.25, -0.2) is 4.68 Å². The standard InChI is InChI=1S/C16H18ClN5O2S/c1-2-22-16(18-19-20-22)25-13-5-3-4-10-21(15(13)24)14(23)11-6-8-12(17)9-7-11/h6-9,13H,2-5,10H2,1H3. The van der Waals surface area contributed by atoms with Gasteiger partial charge in [-0.1, -0.05) is 29.8 Å². The van der Waals surface area contributed by atoms with Gasteiger partial charge >= 0.3 is 0 Å². The summed E-state index contributed by atoms with van der Waals surface area (Å²) in [5.74, 6) is -0.475. The molecule has 0 N–H and O–H groups in total. The quantitative estimate of drug-likeness (QED) is 0.759. The number of imide groups is 1. The summed E-state index contributed by atoms with van der Waals surface area (Å²) >= 11 is 7.20. The minimum atomic E-state index is -0.366. The molecule has 1 aromatic heterocycles. The van der Waals surface area contributed by atoms with E-state index in [9.17, 15) is 9.59 Å². The van der Waals surface area contributed by atoms with Crippen LogP contribution in [0.5, 0.6) is 0 Å². The molecule has 3 rings (SSSR count). The highest BCUT2D eigenvalue weighted by Gasteiger charge is 2.33. The van der Waals surface area contributed by atoms with E-state index in [2.05, 4.69) is 15.5 Å². The lowest BCUT2D eigenvalue weighted by atomic mass is 10.2. The van der Waals surface area contributed by atoms with Crippen molar-refractivity contribution in [3.63, 3.8) is 0 Å². The van der Waals surface area contributed by atoms with Gasteiger partial charge in [0.25, 0.3) is 5.91 Å². The van der Waals surface area contributed by atoms with Crippen molar-refractivity contribution in [1.29, 1.82) is 0 Å².